The van der Waals surface area contributed by atoms with E-state index in [-0.39, 0.29) is 23.4 Å². The molecule has 1 aromatic carbocycles. The maximum atomic E-state index is 12.2. The summed E-state index contributed by atoms with van der Waals surface area (Å²) in [6, 6.07) is 8.44. The van der Waals surface area contributed by atoms with E-state index in [0.717, 1.165) is 5.39 Å². The Bertz CT molecular complexity index is 676. The minimum atomic E-state index is -0.290. The van der Waals surface area contributed by atoms with Crippen LogP contribution in [-0.2, 0) is 0 Å². The molecule has 0 aliphatic heterocycles. The second-order valence-electron chi connectivity index (χ2n) is 5.21. The third kappa shape index (κ3) is 3.05. The maximum absolute atomic E-state index is 12.2. The van der Waals surface area contributed by atoms with Crippen LogP contribution >= 0.6 is 0 Å². The van der Waals surface area contributed by atoms with Gasteiger partial charge in [-0.25, -0.2) is 0 Å². The van der Waals surface area contributed by atoms with Crippen molar-refractivity contribution in [1.29, 1.82) is 0 Å². The summed E-state index contributed by atoms with van der Waals surface area (Å²) in [4.78, 5) is 26.5. The predicted molar refractivity (Wildman–Crippen MR) is 79.7 cm³/mol. The smallest absolute Gasteiger partial charge is 0.252 e. The summed E-state index contributed by atoms with van der Waals surface area (Å²) in [7, 11) is 0. The van der Waals surface area contributed by atoms with Crippen LogP contribution in [0.1, 0.15) is 24.2 Å². The van der Waals surface area contributed by atoms with Gasteiger partial charge in [-0.1, -0.05) is 32.0 Å². The molecule has 0 aliphatic carbocycles. The molecule has 2 aromatic rings. The molecule has 1 atom stereocenters. The quantitative estimate of drug-likeness (QED) is 0.783. The Morgan fingerprint density at radius 2 is 2.05 bits per heavy atom. The highest BCUT2D eigenvalue weighted by atomic mass is 16.2. The summed E-state index contributed by atoms with van der Waals surface area (Å²) in [5.41, 5.74) is 6.64. The number of aromatic nitrogens is 1. The number of para-hydroxylation sites is 1. The van der Waals surface area contributed by atoms with Crippen LogP contribution in [0.4, 0.5) is 0 Å². The van der Waals surface area contributed by atoms with Crippen molar-refractivity contribution < 1.29 is 4.79 Å². The summed E-state index contributed by atoms with van der Waals surface area (Å²) in [6.45, 7) is 4.39. The number of carbonyl (C=O) groups excluding carboxylic acids is 1. The number of benzene rings is 1. The number of amides is 1. The number of hydrogen-bond donors (Lipinski definition) is 3. The van der Waals surface area contributed by atoms with Crippen LogP contribution in [0, 0.1) is 5.92 Å². The van der Waals surface area contributed by atoms with Crippen molar-refractivity contribution in [3.63, 3.8) is 0 Å². The fourth-order valence-corrected chi connectivity index (χ4v) is 1.93. The summed E-state index contributed by atoms with van der Waals surface area (Å²) < 4.78 is 0. The molecule has 20 heavy (non-hydrogen) atoms. The molecule has 0 saturated carbocycles. The third-order valence-electron chi connectivity index (χ3n) is 3.35. The van der Waals surface area contributed by atoms with Crippen molar-refractivity contribution in [1.82, 2.24) is 10.3 Å². The second kappa shape index (κ2) is 5.88. The Labute approximate surface area is 117 Å². The van der Waals surface area contributed by atoms with Gasteiger partial charge >= 0.3 is 0 Å². The SMILES string of the molecule is CC(C)C(N)CNC(=O)c1cc(=O)[nH]c2ccccc12. The maximum Gasteiger partial charge on any atom is 0.252 e. The van der Waals surface area contributed by atoms with E-state index in [4.69, 9.17) is 5.73 Å². The highest BCUT2D eigenvalue weighted by molar-refractivity contribution is 6.05. The van der Waals surface area contributed by atoms with Crippen LogP contribution in [0.15, 0.2) is 35.1 Å². The molecule has 0 saturated heterocycles. The number of fused-ring (bicyclic) bond motifs is 1. The normalized spacial score (nSPS) is 12.6. The molecule has 4 N–H and O–H groups in total. The molecule has 1 aromatic heterocycles. The van der Waals surface area contributed by atoms with Gasteiger partial charge in [-0.15, -0.1) is 0 Å². The van der Waals surface area contributed by atoms with Gasteiger partial charge in [0.1, 0.15) is 0 Å². The molecule has 0 fully saturated rings. The molecule has 0 spiro atoms. The number of carbonyl (C=O) groups is 1. The highest BCUT2D eigenvalue weighted by Gasteiger charge is 2.14. The van der Waals surface area contributed by atoms with Crippen molar-refractivity contribution in [2.24, 2.45) is 11.7 Å². The minimum Gasteiger partial charge on any atom is -0.350 e. The molecule has 5 heteroatoms. The predicted octanol–water partition coefficient (Wildman–Crippen LogP) is 1.24. The lowest BCUT2D eigenvalue weighted by molar-refractivity contribution is 0.0950. The van der Waals surface area contributed by atoms with E-state index in [1.165, 1.54) is 6.07 Å². The second-order valence-corrected chi connectivity index (χ2v) is 5.21. The van der Waals surface area contributed by atoms with Crippen LogP contribution < -0.4 is 16.6 Å². The van der Waals surface area contributed by atoms with Crippen molar-refractivity contribution >= 4 is 16.8 Å². The molecular weight excluding hydrogens is 254 g/mol. The zero-order valence-electron chi connectivity index (χ0n) is 11.6. The first-order chi connectivity index (χ1) is 9.49. The Morgan fingerprint density at radius 3 is 2.75 bits per heavy atom. The molecule has 0 bridgehead atoms. The van der Waals surface area contributed by atoms with Crippen molar-refractivity contribution in [3.8, 4) is 0 Å². The van der Waals surface area contributed by atoms with Crippen LogP contribution in [0.25, 0.3) is 10.9 Å². The molecule has 1 unspecified atom stereocenters. The highest BCUT2D eigenvalue weighted by Crippen LogP contribution is 2.14. The molecule has 1 heterocycles. The lowest BCUT2D eigenvalue weighted by Gasteiger charge is -2.16. The molecule has 0 radical (unpaired) electrons. The molecular formula is C15H19N3O2. The standard InChI is InChI=1S/C15H19N3O2/c1-9(2)12(16)8-17-15(20)11-7-14(19)18-13-6-4-3-5-10(11)13/h3-7,9,12H,8,16H2,1-2H3,(H,17,20)(H,18,19). The first kappa shape index (κ1) is 14.3. The lowest BCUT2D eigenvalue weighted by Crippen LogP contribution is -2.40. The monoisotopic (exact) mass is 273 g/mol. The van der Waals surface area contributed by atoms with E-state index < -0.39 is 0 Å². The molecule has 106 valence electrons. The number of H-pyrrole nitrogens is 1. The van der Waals surface area contributed by atoms with Crippen LogP contribution in [-0.4, -0.2) is 23.5 Å². The minimum absolute atomic E-state index is 0.104. The summed E-state index contributed by atoms with van der Waals surface area (Å²) in [5.74, 6) is 0.00891. The number of nitrogens with one attached hydrogen (secondary N) is 2. The van der Waals surface area contributed by atoms with Gasteiger partial charge in [-0.05, 0) is 12.0 Å². The van der Waals surface area contributed by atoms with Gasteiger partial charge in [0.25, 0.3) is 5.91 Å². The topological polar surface area (TPSA) is 88.0 Å². The van der Waals surface area contributed by atoms with E-state index in [1.54, 1.807) is 6.07 Å². The zero-order chi connectivity index (χ0) is 14.7. The van der Waals surface area contributed by atoms with Gasteiger partial charge in [-0.3, -0.25) is 9.59 Å². The Morgan fingerprint density at radius 1 is 1.35 bits per heavy atom. The first-order valence-corrected chi connectivity index (χ1v) is 6.65. The van der Waals surface area contributed by atoms with Gasteiger partial charge < -0.3 is 16.0 Å². The lowest BCUT2D eigenvalue weighted by atomic mass is 10.0. The fraction of sp³-hybridized carbons (Fsp3) is 0.333. The summed E-state index contributed by atoms with van der Waals surface area (Å²) in [5, 5.41) is 3.51. The van der Waals surface area contributed by atoms with Gasteiger partial charge in [0.2, 0.25) is 5.56 Å². The summed E-state index contributed by atoms with van der Waals surface area (Å²) in [6.07, 6.45) is 0. The van der Waals surface area contributed by atoms with Crippen molar-refractivity contribution in [2.45, 2.75) is 19.9 Å². The molecule has 2 rings (SSSR count). The van der Waals surface area contributed by atoms with Crippen LogP contribution in [0.3, 0.4) is 0 Å². The number of pyridine rings is 1. The van der Waals surface area contributed by atoms with Crippen molar-refractivity contribution in [2.75, 3.05) is 6.54 Å². The summed E-state index contributed by atoms with van der Waals surface area (Å²) >= 11 is 0. The van der Waals surface area contributed by atoms with E-state index in [9.17, 15) is 9.59 Å². The van der Waals surface area contributed by atoms with E-state index in [2.05, 4.69) is 10.3 Å². The Hall–Kier alpha value is -2.14. The van der Waals surface area contributed by atoms with Gasteiger partial charge in [-0.2, -0.15) is 0 Å². The largest absolute Gasteiger partial charge is 0.350 e. The third-order valence-corrected chi connectivity index (χ3v) is 3.35. The number of rotatable bonds is 4. The van der Waals surface area contributed by atoms with Crippen LogP contribution in [0.2, 0.25) is 0 Å². The average Bonchev–Trinajstić information content (AvgIpc) is 2.43. The molecule has 0 aliphatic rings. The average molecular weight is 273 g/mol. The van der Waals surface area contributed by atoms with E-state index in [0.29, 0.717) is 17.6 Å². The van der Waals surface area contributed by atoms with Gasteiger partial charge in [0, 0.05) is 29.6 Å². The van der Waals surface area contributed by atoms with Gasteiger partial charge in [0.15, 0.2) is 0 Å². The number of aromatic amines is 1. The van der Waals surface area contributed by atoms with Crippen LogP contribution in [0.5, 0.6) is 0 Å². The first-order valence-electron chi connectivity index (χ1n) is 6.65. The Balaban J connectivity index is 2.28. The van der Waals surface area contributed by atoms with E-state index >= 15 is 0 Å². The number of hydrogen-bond acceptors (Lipinski definition) is 3. The van der Waals surface area contributed by atoms with E-state index in [1.807, 2.05) is 32.0 Å². The van der Waals surface area contributed by atoms with Gasteiger partial charge in [0.05, 0.1) is 5.56 Å². The number of nitrogens with two attached hydrogens (primary N) is 1. The molecule has 1 amide bonds. The molecule has 5 nitrogen and oxygen atoms in total. The fourth-order valence-electron chi connectivity index (χ4n) is 1.93. The zero-order valence-corrected chi connectivity index (χ0v) is 11.6. The Kier molecular flexibility index (Phi) is 4.20. The van der Waals surface area contributed by atoms with Crippen molar-refractivity contribution in [3.05, 3.63) is 46.2 Å².